The molecule has 2 aromatic heterocycles. The molecule has 3 amide bonds. The summed E-state index contributed by atoms with van der Waals surface area (Å²) in [5.74, 6) is -0.955. The lowest BCUT2D eigenvalue weighted by Gasteiger charge is -2.32. The third-order valence-corrected chi connectivity index (χ3v) is 6.80. The molecule has 4 rings (SSSR count). The van der Waals surface area contributed by atoms with E-state index in [1.165, 1.54) is 16.2 Å². The fraction of sp³-hybridized carbons (Fsp3) is 0.308. The Morgan fingerprint density at radius 2 is 1.85 bits per heavy atom. The van der Waals surface area contributed by atoms with Gasteiger partial charge in [-0.2, -0.15) is 0 Å². The average Bonchev–Trinajstić information content (AvgIpc) is 3.57. The van der Waals surface area contributed by atoms with Crippen LogP contribution in [-0.4, -0.2) is 35.3 Å². The van der Waals surface area contributed by atoms with Gasteiger partial charge in [-0.05, 0) is 49.4 Å². The van der Waals surface area contributed by atoms with Gasteiger partial charge in [0, 0.05) is 29.7 Å². The molecule has 2 heterocycles. The van der Waals surface area contributed by atoms with Crippen LogP contribution in [0.5, 0.6) is 0 Å². The van der Waals surface area contributed by atoms with Gasteiger partial charge < -0.3 is 10.6 Å². The number of hydrogen-bond donors (Lipinski definition) is 2. The molecule has 2 N–H and O–H groups in total. The van der Waals surface area contributed by atoms with Gasteiger partial charge in [0.1, 0.15) is 6.04 Å². The first-order chi connectivity index (χ1) is 16.5. The van der Waals surface area contributed by atoms with Gasteiger partial charge in [0.25, 0.3) is 5.91 Å². The second-order valence-electron chi connectivity index (χ2n) is 8.44. The number of thiophene rings is 1. The minimum atomic E-state index is -0.914. The van der Waals surface area contributed by atoms with Crippen molar-refractivity contribution in [1.29, 1.82) is 0 Å². The van der Waals surface area contributed by atoms with Crippen molar-refractivity contribution in [3.63, 3.8) is 0 Å². The minimum absolute atomic E-state index is 0.0974. The summed E-state index contributed by atoms with van der Waals surface area (Å²) in [6.07, 6.45) is 7.27. The van der Waals surface area contributed by atoms with Crippen LogP contribution in [0.1, 0.15) is 52.5 Å². The number of carbonyl (C=O) groups is 3. The zero-order chi connectivity index (χ0) is 23.9. The molecule has 0 bridgehead atoms. The Balaban J connectivity index is 1.65. The molecule has 1 aromatic carbocycles. The number of pyridine rings is 1. The van der Waals surface area contributed by atoms with Crippen LogP contribution in [0.4, 0.5) is 5.69 Å². The van der Waals surface area contributed by atoms with Gasteiger partial charge in [-0.1, -0.05) is 42.7 Å². The van der Waals surface area contributed by atoms with E-state index in [0.29, 0.717) is 16.1 Å². The fourth-order valence-electron chi connectivity index (χ4n) is 4.18. The lowest BCUT2D eigenvalue weighted by molar-refractivity contribution is -0.126. The van der Waals surface area contributed by atoms with E-state index in [4.69, 9.17) is 0 Å². The second kappa shape index (κ2) is 11.1. The van der Waals surface area contributed by atoms with E-state index in [9.17, 15) is 14.4 Å². The van der Waals surface area contributed by atoms with Crippen LogP contribution in [0, 0.1) is 6.92 Å². The predicted octanol–water partition coefficient (Wildman–Crippen LogP) is 4.01. The van der Waals surface area contributed by atoms with Crippen molar-refractivity contribution in [2.24, 2.45) is 0 Å². The number of nitrogens with zero attached hydrogens (tertiary/aromatic N) is 2. The van der Waals surface area contributed by atoms with E-state index >= 15 is 0 Å². The zero-order valence-electron chi connectivity index (χ0n) is 19.1. The van der Waals surface area contributed by atoms with E-state index in [1.54, 1.807) is 42.0 Å². The van der Waals surface area contributed by atoms with Gasteiger partial charge in [-0.15, -0.1) is 11.3 Å². The third kappa shape index (κ3) is 5.69. The SMILES string of the molecule is Cc1ccc(N(C(=O)CNC(=O)c2cccs2)[C@H](C(=O)NC2CCCC2)c2cccnc2)cc1. The molecule has 1 saturated carbocycles. The molecule has 1 aliphatic carbocycles. The highest BCUT2D eigenvalue weighted by Crippen LogP contribution is 2.29. The second-order valence-corrected chi connectivity index (χ2v) is 9.39. The first-order valence-corrected chi connectivity index (χ1v) is 12.3. The van der Waals surface area contributed by atoms with Gasteiger partial charge in [-0.25, -0.2) is 0 Å². The number of rotatable bonds is 8. The first-order valence-electron chi connectivity index (χ1n) is 11.4. The fourth-order valence-corrected chi connectivity index (χ4v) is 4.82. The van der Waals surface area contributed by atoms with Crippen LogP contribution in [0.2, 0.25) is 0 Å². The van der Waals surface area contributed by atoms with E-state index < -0.39 is 6.04 Å². The maximum Gasteiger partial charge on any atom is 0.261 e. The van der Waals surface area contributed by atoms with Crippen molar-refractivity contribution in [2.75, 3.05) is 11.4 Å². The Bertz CT molecular complexity index is 1110. The predicted molar refractivity (Wildman–Crippen MR) is 133 cm³/mol. The summed E-state index contributed by atoms with van der Waals surface area (Å²) in [6.45, 7) is 1.72. The number of benzene rings is 1. The van der Waals surface area contributed by atoms with Crippen LogP contribution < -0.4 is 15.5 Å². The van der Waals surface area contributed by atoms with Gasteiger partial charge in [0.05, 0.1) is 11.4 Å². The van der Waals surface area contributed by atoms with Crippen molar-refractivity contribution in [1.82, 2.24) is 15.6 Å². The summed E-state index contributed by atoms with van der Waals surface area (Å²) in [6, 6.07) is 13.7. The summed E-state index contributed by atoms with van der Waals surface area (Å²) in [7, 11) is 0. The van der Waals surface area contributed by atoms with E-state index in [-0.39, 0.29) is 30.3 Å². The zero-order valence-corrected chi connectivity index (χ0v) is 19.9. The number of amides is 3. The molecule has 34 heavy (non-hydrogen) atoms. The third-order valence-electron chi connectivity index (χ3n) is 5.93. The Morgan fingerprint density at radius 3 is 2.50 bits per heavy atom. The molecule has 1 fully saturated rings. The Hall–Kier alpha value is -3.52. The van der Waals surface area contributed by atoms with Crippen molar-refractivity contribution >= 4 is 34.7 Å². The lowest BCUT2D eigenvalue weighted by Crippen LogP contribution is -2.49. The number of nitrogens with one attached hydrogen (secondary N) is 2. The maximum atomic E-state index is 13.6. The van der Waals surface area contributed by atoms with Crippen LogP contribution in [-0.2, 0) is 9.59 Å². The summed E-state index contributed by atoms with van der Waals surface area (Å²) in [4.78, 5) is 45.8. The number of aromatic nitrogens is 1. The van der Waals surface area contributed by atoms with Crippen molar-refractivity contribution < 1.29 is 14.4 Å². The monoisotopic (exact) mass is 476 g/mol. The highest BCUT2D eigenvalue weighted by Gasteiger charge is 2.34. The molecule has 7 nitrogen and oxygen atoms in total. The molecule has 0 saturated heterocycles. The van der Waals surface area contributed by atoms with Crippen LogP contribution in [0.3, 0.4) is 0 Å². The molecule has 1 atom stereocenters. The average molecular weight is 477 g/mol. The molecule has 0 unspecified atom stereocenters. The molecule has 8 heteroatoms. The highest BCUT2D eigenvalue weighted by atomic mass is 32.1. The van der Waals surface area contributed by atoms with Gasteiger partial charge in [0.15, 0.2) is 0 Å². The van der Waals surface area contributed by atoms with Crippen LogP contribution in [0.25, 0.3) is 0 Å². The van der Waals surface area contributed by atoms with Crippen molar-refractivity contribution in [2.45, 2.75) is 44.7 Å². The molecule has 0 radical (unpaired) electrons. The number of hydrogen-bond acceptors (Lipinski definition) is 5. The minimum Gasteiger partial charge on any atom is -0.351 e. The summed E-state index contributed by atoms with van der Waals surface area (Å²) in [5.41, 5.74) is 2.23. The topological polar surface area (TPSA) is 91.4 Å². The summed E-state index contributed by atoms with van der Waals surface area (Å²) >= 11 is 1.31. The molecule has 3 aromatic rings. The first kappa shape index (κ1) is 23.6. The molecule has 1 aliphatic rings. The number of anilines is 1. The smallest absolute Gasteiger partial charge is 0.261 e. The van der Waals surface area contributed by atoms with Crippen LogP contribution >= 0.6 is 11.3 Å². The standard InChI is InChI=1S/C26H28N4O3S/c1-18-10-12-21(13-11-18)30(23(31)17-28-25(32)22-9-5-15-34-22)24(19-6-4-14-27-16-19)26(33)29-20-7-2-3-8-20/h4-6,9-16,20,24H,2-3,7-8,17H2,1H3,(H,28,32)(H,29,33)/t24-/m0/s1. The molecule has 176 valence electrons. The van der Waals surface area contributed by atoms with E-state index in [2.05, 4.69) is 15.6 Å². The number of carbonyl (C=O) groups excluding carboxylic acids is 3. The van der Waals surface area contributed by atoms with Crippen LogP contribution in [0.15, 0.2) is 66.3 Å². The summed E-state index contributed by atoms with van der Waals surface area (Å²) < 4.78 is 0. The van der Waals surface area contributed by atoms with E-state index in [0.717, 1.165) is 31.2 Å². The van der Waals surface area contributed by atoms with Gasteiger partial charge in [-0.3, -0.25) is 24.3 Å². The Labute approximate surface area is 203 Å². The highest BCUT2D eigenvalue weighted by molar-refractivity contribution is 7.12. The number of aryl methyl sites for hydroxylation is 1. The van der Waals surface area contributed by atoms with Crippen molar-refractivity contribution in [3.8, 4) is 0 Å². The molecular weight excluding hydrogens is 448 g/mol. The normalized spacial score (nSPS) is 14.4. The Kier molecular flexibility index (Phi) is 7.69. The lowest BCUT2D eigenvalue weighted by atomic mass is 10.0. The van der Waals surface area contributed by atoms with Gasteiger partial charge in [0.2, 0.25) is 11.8 Å². The van der Waals surface area contributed by atoms with Crippen molar-refractivity contribution in [3.05, 3.63) is 82.3 Å². The Morgan fingerprint density at radius 1 is 1.09 bits per heavy atom. The molecule has 0 spiro atoms. The summed E-state index contributed by atoms with van der Waals surface area (Å²) in [5, 5.41) is 7.64. The quantitative estimate of drug-likeness (QED) is 0.514. The largest absolute Gasteiger partial charge is 0.351 e. The van der Waals surface area contributed by atoms with E-state index in [1.807, 2.05) is 31.2 Å². The molecule has 0 aliphatic heterocycles. The van der Waals surface area contributed by atoms with Gasteiger partial charge >= 0.3 is 0 Å². The molecular formula is C26H28N4O3S. The maximum absolute atomic E-state index is 13.6.